The monoisotopic (exact) mass is 425 g/mol. The number of carbonyl (C=O) groups is 2. The van der Waals surface area contributed by atoms with Gasteiger partial charge in [-0.05, 0) is 24.5 Å². The summed E-state index contributed by atoms with van der Waals surface area (Å²) < 4.78 is 16.6. The molecule has 2 unspecified atom stereocenters. The quantitative estimate of drug-likeness (QED) is 0.263. The molecule has 1 heterocycles. The number of hydrogen-bond acceptors (Lipinski definition) is 7. The Morgan fingerprint density at radius 3 is 2.61 bits per heavy atom. The van der Waals surface area contributed by atoms with Crippen LogP contribution in [0.3, 0.4) is 0 Å². The first-order valence-corrected chi connectivity index (χ1v) is 10.1. The summed E-state index contributed by atoms with van der Waals surface area (Å²) >= 11 is 0. The van der Waals surface area contributed by atoms with Crippen LogP contribution in [0.5, 0.6) is 0 Å². The third-order valence-electron chi connectivity index (χ3n) is 5.16. The highest BCUT2D eigenvalue weighted by molar-refractivity contribution is 6.36. The highest BCUT2D eigenvalue weighted by atomic mass is 16.7. The van der Waals surface area contributed by atoms with E-state index in [0.29, 0.717) is 25.0 Å². The molecule has 0 bridgehead atoms. The number of hydrogen-bond donors (Lipinski definition) is 0. The van der Waals surface area contributed by atoms with Gasteiger partial charge in [0.15, 0.2) is 17.8 Å². The van der Waals surface area contributed by atoms with Crippen molar-refractivity contribution < 1.29 is 28.6 Å². The topological polar surface area (TPSA) is 83.4 Å². The number of ketones is 1. The van der Waals surface area contributed by atoms with Crippen LogP contribution < -0.4 is 0 Å². The van der Waals surface area contributed by atoms with Gasteiger partial charge in [-0.3, -0.25) is 4.79 Å². The van der Waals surface area contributed by atoms with E-state index in [1.54, 1.807) is 0 Å². The van der Waals surface area contributed by atoms with E-state index in [0.717, 1.165) is 16.7 Å². The lowest BCUT2D eigenvalue weighted by atomic mass is 9.99. The van der Waals surface area contributed by atoms with Crippen molar-refractivity contribution in [2.45, 2.75) is 38.6 Å². The lowest BCUT2D eigenvalue weighted by molar-refractivity contribution is -0.133. The Labute approximate surface area is 181 Å². The molecule has 0 aromatic heterocycles. The molecule has 3 rings (SSSR count). The highest BCUT2D eigenvalue weighted by Gasteiger charge is 2.28. The van der Waals surface area contributed by atoms with Crippen molar-refractivity contribution in [1.29, 1.82) is 0 Å². The SMILES string of the molecule is CON=C(Cc1cc(C2OCC(CCC(=O)c3ccccc3)O2)ccc1C)C(=O)OC. The van der Waals surface area contributed by atoms with Crippen molar-refractivity contribution in [3.63, 3.8) is 0 Å². The van der Waals surface area contributed by atoms with Crippen LogP contribution >= 0.6 is 0 Å². The van der Waals surface area contributed by atoms with E-state index in [2.05, 4.69) is 5.16 Å². The van der Waals surface area contributed by atoms with Crippen LogP contribution in [0.15, 0.2) is 53.7 Å². The maximum Gasteiger partial charge on any atom is 0.356 e. The van der Waals surface area contributed by atoms with Gasteiger partial charge in [0.25, 0.3) is 0 Å². The maximum atomic E-state index is 12.3. The predicted octanol–water partition coefficient (Wildman–Crippen LogP) is 3.79. The maximum absolute atomic E-state index is 12.3. The zero-order valence-electron chi connectivity index (χ0n) is 18.0. The third kappa shape index (κ3) is 5.99. The fourth-order valence-electron chi connectivity index (χ4n) is 3.41. The lowest BCUT2D eigenvalue weighted by Crippen LogP contribution is -2.19. The summed E-state index contributed by atoms with van der Waals surface area (Å²) in [6, 6.07) is 15.1. The molecule has 0 spiro atoms. The van der Waals surface area contributed by atoms with Gasteiger partial charge in [0.1, 0.15) is 7.11 Å². The molecule has 7 heteroatoms. The Morgan fingerprint density at radius 1 is 1.13 bits per heavy atom. The molecule has 31 heavy (non-hydrogen) atoms. The molecule has 0 saturated carbocycles. The van der Waals surface area contributed by atoms with Gasteiger partial charge in [-0.2, -0.15) is 0 Å². The molecule has 2 atom stereocenters. The summed E-state index contributed by atoms with van der Waals surface area (Å²) in [5.41, 5.74) is 3.63. The largest absolute Gasteiger partial charge is 0.464 e. The minimum atomic E-state index is -0.539. The Bertz CT molecular complexity index is 940. The lowest BCUT2D eigenvalue weighted by Gasteiger charge is -2.14. The van der Waals surface area contributed by atoms with Crippen molar-refractivity contribution in [1.82, 2.24) is 0 Å². The number of ether oxygens (including phenoxy) is 3. The molecular weight excluding hydrogens is 398 g/mol. The van der Waals surface area contributed by atoms with Gasteiger partial charge < -0.3 is 19.0 Å². The third-order valence-corrected chi connectivity index (χ3v) is 5.16. The predicted molar refractivity (Wildman–Crippen MR) is 115 cm³/mol. The molecule has 164 valence electrons. The Balaban J connectivity index is 1.62. The smallest absolute Gasteiger partial charge is 0.356 e. The average Bonchev–Trinajstić information content (AvgIpc) is 3.27. The number of nitrogens with zero attached hydrogens (tertiary/aromatic N) is 1. The number of rotatable bonds is 9. The van der Waals surface area contributed by atoms with E-state index in [1.165, 1.54) is 14.2 Å². The highest BCUT2D eigenvalue weighted by Crippen LogP contribution is 2.30. The van der Waals surface area contributed by atoms with Gasteiger partial charge >= 0.3 is 5.97 Å². The summed E-state index contributed by atoms with van der Waals surface area (Å²) in [6.07, 6.45) is 0.595. The van der Waals surface area contributed by atoms with Crippen LogP contribution in [0, 0.1) is 6.92 Å². The van der Waals surface area contributed by atoms with Crippen molar-refractivity contribution in [2.75, 3.05) is 20.8 Å². The molecule has 0 N–H and O–H groups in total. The Morgan fingerprint density at radius 2 is 1.90 bits per heavy atom. The van der Waals surface area contributed by atoms with E-state index in [4.69, 9.17) is 19.0 Å². The molecule has 1 aliphatic rings. The minimum Gasteiger partial charge on any atom is -0.464 e. The first-order valence-electron chi connectivity index (χ1n) is 10.1. The first kappa shape index (κ1) is 22.7. The molecule has 1 fully saturated rings. The van der Waals surface area contributed by atoms with E-state index in [1.807, 2.05) is 55.5 Å². The second kappa shape index (κ2) is 10.8. The number of Topliss-reactive ketones (excluding diaryl/α,β-unsaturated/α-hetero) is 1. The normalized spacial score (nSPS) is 18.6. The number of esters is 1. The molecule has 2 aromatic rings. The van der Waals surface area contributed by atoms with E-state index >= 15 is 0 Å². The van der Waals surface area contributed by atoms with Crippen LogP contribution in [0.4, 0.5) is 0 Å². The van der Waals surface area contributed by atoms with E-state index in [-0.39, 0.29) is 24.0 Å². The number of oxime groups is 1. The van der Waals surface area contributed by atoms with Crippen molar-refractivity contribution >= 4 is 17.5 Å². The van der Waals surface area contributed by atoms with Gasteiger partial charge in [-0.1, -0.05) is 53.7 Å². The zero-order valence-corrected chi connectivity index (χ0v) is 18.0. The second-order valence-corrected chi connectivity index (χ2v) is 7.33. The van der Waals surface area contributed by atoms with Gasteiger partial charge in [-0.25, -0.2) is 4.79 Å². The van der Waals surface area contributed by atoms with Crippen LogP contribution in [-0.4, -0.2) is 44.4 Å². The Kier molecular flexibility index (Phi) is 7.92. The minimum absolute atomic E-state index is 0.0954. The molecule has 0 radical (unpaired) electrons. The average molecular weight is 425 g/mol. The van der Waals surface area contributed by atoms with E-state index in [9.17, 15) is 9.59 Å². The summed E-state index contributed by atoms with van der Waals surface area (Å²) in [5.74, 6) is -0.443. The number of aryl methyl sites for hydroxylation is 1. The van der Waals surface area contributed by atoms with Gasteiger partial charge in [-0.15, -0.1) is 0 Å². The van der Waals surface area contributed by atoms with Gasteiger partial charge in [0.05, 0.1) is 19.8 Å². The molecule has 2 aromatic carbocycles. The molecule has 7 nitrogen and oxygen atoms in total. The molecule has 0 amide bonds. The fraction of sp³-hybridized carbons (Fsp3) is 0.375. The zero-order chi connectivity index (χ0) is 22.2. The molecule has 0 aliphatic carbocycles. The standard InChI is InChI=1S/C24H27NO6/c1-16-9-10-18(13-19(16)14-21(25-29-3)23(27)28-2)24-30-15-20(31-24)11-12-22(26)17-7-5-4-6-8-17/h4-10,13,20,24H,11-12,14-15H2,1-3H3. The summed E-state index contributed by atoms with van der Waals surface area (Å²) in [7, 11) is 2.69. The Hall–Kier alpha value is -3.03. The van der Waals surface area contributed by atoms with Crippen LogP contribution in [0.1, 0.15) is 46.2 Å². The molecule has 1 saturated heterocycles. The molecular formula is C24H27NO6. The fourth-order valence-corrected chi connectivity index (χ4v) is 3.41. The number of benzene rings is 2. The van der Waals surface area contributed by atoms with Crippen molar-refractivity contribution in [2.24, 2.45) is 5.16 Å². The first-order chi connectivity index (χ1) is 15.0. The second-order valence-electron chi connectivity index (χ2n) is 7.33. The van der Waals surface area contributed by atoms with Gasteiger partial charge in [0, 0.05) is 24.0 Å². The number of carbonyl (C=O) groups excluding carboxylic acids is 2. The summed E-state index contributed by atoms with van der Waals surface area (Å²) in [6.45, 7) is 2.38. The van der Waals surface area contributed by atoms with Gasteiger partial charge in [0.2, 0.25) is 0 Å². The van der Waals surface area contributed by atoms with Crippen LogP contribution in [0.25, 0.3) is 0 Å². The van der Waals surface area contributed by atoms with Crippen molar-refractivity contribution in [3.05, 3.63) is 70.8 Å². The summed E-state index contributed by atoms with van der Waals surface area (Å²) in [5, 5.41) is 3.78. The van der Waals surface area contributed by atoms with Crippen LogP contribution in [-0.2, 0) is 30.3 Å². The summed E-state index contributed by atoms with van der Waals surface area (Å²) in [4.78, 5) is 29.0. The number of methoxy groups -OCH3 is 1. The van der Waals surface area contributed by atoms with Crippen LogP contribution in [0.2, 0.25) is 0 Å². The van der Waals surface area contributed by atoms with E-state index < -0.39 is 12.3 Å². The van der Waals surface area contributed by atoms with Crippen molar-refractivity contribution in [3.8, 4) is 0 Å². The molecule has 1 aliphatic heterocycles.